The highest BCUT2D eigenvalue weighted by Crippen LogP contribution is 2.07. The van der Waals surface area contributed by atoms with Crippen molar-refractivity contribution in [3.05, 3.63) is 12.4 Å². The zero-order valence-corrected chi connectivity index (χ0v) is 11.8. The van der Waals surface area contributed by atoms with Gasteiger partial charge in [-0.15, -0.1) is 0 Å². The molecule has 1 aromatic heterocycles. The Labute approximate surface area is 117 Å². The second-order valence-electron chi connectivity index (χ2n) is 3.73. The van der Waals surface area contributed by atoms with Gasteiger partial charge in [-0.25, -0.2) is 27.9 Å². The lowest BCUT2D eigenvalue weighted by atomic mass is 10.5. The predicted molar refractivity (Wildman–Crippen MR) is 71.5 cm³/mol. The minimum Gasteiger partial charge on any atom is -0.448 e. The largest absolute Gasteiger partial charge is 0.448 e. The van der Waals surface area contributed by atoms with Crippen LogP contribution in [0, 0.1) is 0 Å². The average molecular weight is 303 g/mol. The minimum atomic E-state index is -3.73. The van der Waals surface area contributed by atoms with Crippen LogP contribution in [0.4, 0.5) is 10.7 Å². The Morgan fingerprint density at radius 3 is 2.55 bits per heavy atom. The Morgan fingerprint density at radius 1 is 1.35 bits per heavy atom. The van der Waals surface area contributed by atoms with Crippen LogP contribution in [0.1, 0.15) is 13.3 Å². The first-order valence-corrected chi connectivity index (χ1v) is 7.42. The van der Waals surface area contributed by atoms with Gasteiger partial charge in [0.1, 0.15) is 11.5 Å². The Kier molecular flexibility index (Phi) is 6.12. The molecule has 0 aliphatic carbocycles. The molecule has 4 N–H and O–H groups in total. The fraction of sp³-hybridized carbons (Fsp3) is 0.500. The Hall–Kier alpha value is -1.94. The van der Waals surface area contributed by atoms with Gasteiger partial charge in [0.05, 0.1) is 12.4 Å². The van der Waals surface area contributed by atoms with E-state index in [1.165, 1.54) is 12.4 Å². The first-order valence-electron chi connectivity index (χ1n) is 5.93. The summed E-state index contributed by atoms with van der Waals surface area (Å²) in [6, 6.07) is 0. The maximum atomic E-state index is 11.8. The molecule has 0 spiro atoms. The predicted octanol–water partition coefficient (Wildman–Crippen LogP) is -0.328. The minimum absolute atomic E-state index is 0.0707. The van der Waals surface area contributed by atoms with E-state index in [-0.39, 0.29) is 18.0 Å². The summed E-state index contributed by atoms with van der Waals surface area (Å²) in [6.07, 6.45) is 2.34. The molecule has 0 bridgehead atoms. The van der Waals surface area contributed by atoms with Crippen molar-refractivity contribution in [3.8, 4) is 0 Å². The molecular formula is C10H17N5O4S. The number of ether oxygens (including phenoxy) is 1. The number of rotatable bonds is 8. The molecule has 10 heteroatoms. The number of hydrogen-bond acceptors (Lipinski definition) is 7. The first kappa shape index (κ1) is 16.1. The standard InChI is InChI=1S/C10H17N5O4S/c1-2-3-12-10-13-6-8(7-14-10)20(17,18)15-4-5-19-9(11)16/h6-7,15H,2-5H2,1H3,(H2,11,16)(H,12,13,14). The Bertz CT molecular complexity index is 531. The second kappa shape index (κ2) is 7.60. The van der Waals surface area contributed by atoms with E-state index >= 15 is 0 Å². The summed E-state index contributed by atoms with van der Waals surface area (Å²) >= 11 is 0. The molecule has 0 aliphatic heterocycles. The average Bonchev–Trinajstić information content (AvgIpc) is 2.42. The quantitative estimate of drug-likeness (QED) is 0.559. The summed E-state index contributed by atoms with van der Waals surface area (Å²) < 4.78 is 30.3. The molecule has 0 saturated heterocycles. The van der Waals surface area contributed by atoms with Crippen molar-refractivity contribution in [3.63, 3.8) is 0 Å². The zero-order valence-electron chi connectivity index (χ0n) is 11.0. The van der Waals surface area contributed by atoms with E-state index in [1.807, 2.05) is 6.92 Å². The van der Waals surface area contributed by atoms with E-state index in [2.05, 4.69) is 24.7 Å². The fourth-order valence-corrected chi connectivity index (χ4v) is 2.10. The highest BCUT2D eigenvalue weighted by atomic mass is 32.2. The number of carbonyl (C=O) groups excluding carboxylic acids is 1. The van der Waals surface area contributed by atoms with E-state index in [9.17, 15) is 13.2 Å². The molecule has 0 unspecified atom stereocenters. The molecule has 0 aromatic carbocycles. The summed E-state index contributed by atoms with van der Waals surface area (Å²) in [5.41, 5.74) is 4.74. The van der Waals surface area contributed by atoms with E-state index in [0.717, 1.165) is 6.42 Å². The molecule has 112 valence electrons. The third-order valence-electron chi connectivity index (χ3n) is 2.11. The van der Waals surface area contributed by atoms with Crippen molar-refractivity contribution >= 4 is 22.1 Å². The van der Waals surface area contributed by atoms with Gasteiger partial charge in [-0.1, -0.05) is 6.92 Å². The van der Waals surface area contributed by atoms with Gasteiger partial charge in [0, 0.05) is 13.1 Å². The van der Waals surface area contributed by atoms with E-state index in [0.29, 0.717) is 12.5 Å². The summed E-state index contributed by atoms with van der Waals surface area (Å²) in [7, 11) is -3.73. The number of sulfonamides is 1. The summed E-state index contributed by atoms with van der Waals surface area (Å²) in [4.78, 5) is 18.0. The third-order valence-corrected chi connectivity index (χ3v) is 3.53. The van der Waals surface area contributed by atoms with Crippen LogP contribution < -0.4 is 15.8 Å². The monoisotopic (exact) mass is 303 g/mol. The SMILES string of the molecule is CCCNc1ncc(S(=O)(=O)NCCOC(N)=O)cn1. The molecule has 0 fully saturated rings. The van der Waals surface area contributed by atoms with Crippen LogP contribution in [0.25, 0.3) is 0 Å². The highest BCUT2D eigenvalue weighted by Gasteiger charge is 2.14. The number of nitrogens with zero attached hydrogens (tertiary/aromatic N) is 2. The number of amides is 1. The zero-order chi connectivity index (χ0) is 15.0. The number of hydrogen-bond donors (Lipinski definition) is 3. The molecule has 1 aromatic rings. The van der Waals surface area contributed by atoms with Crippen molar-refractivity contribution in [2.45, 2.75) is 18.2 Å². The van der Waals surface area contributed by atoms with E-state index < -0.39 is 16.1 Å². The van der Waals surface area contributed by atoms with E-state index in [4.69, 9.17) is 5.73 Å². The molecule has 1 rings (SSSR count). The van der Waals surface area contributed by atoms with Crippen LogP contribution in [0.3, 0.4) is 0 Å². The smallest absolute Gasteiger partial charge is 0.404 e. The molecule has 1 amide bonds. The molecule has 0 aliphatic rings. The first-order chi connectivity index (χ1) is 9.45. The van der Waals surface area contributed by atoms with Gasteiger partial charge < -0.3 is 15.8 Å². The maximum Gasteiger partial charge on any atom is 0.404 e. The van der Waals surface area contributed by atoms with Crippen LogP contribution in [-0.4, -0.2) is 44.2 Å². The molecule has 0 radical (unpaired) electrons. The maximum absolute atomic E-state index is 11.8. The van der Waals surface area contributed by atoms with Gasteiger partial charge in [0.2, 0.25) is 16.0 Å². The lowest BCUT2D eigenvalue weighted by Gasteiger charge is -2.07. The molecule has 9 nitrogen and oxygen atoms in total. The number of aromatic nitrogens is 2. The second-order valence-corrected chi connectivity index (χ2v) is 5.50. The van der Waals surface area contributed by atoms with Crippen LogP contribution in [0.2, 0.25) is 0 Å². The van der Waals surface area contributed by atoms with Crippen LogP contribution in [0.5, 0.6) is 0 Å². The molecule has 0 atom stereocenters. The van der Waals surface area contributed by atoms with Crippen molar-refractivity contribution in [1.29, 1.82) is 0 Å². The number of primary amides is 1. The lowest BCUT2D eigenvalue weighted by Crippen LogP contribution is -2.29. The number of carbonyl (C=O) groups is 1. The van der Waals surface area contributed by atoms with Crippen molar-refractivity contribution in [2.75, 3.05) is 25.0 Å². The molecular weight excluding hydrogens is 286 g/mol. The summed E-state index contributed by atoms with van der Waals surface area (Å²) in [5, 5.41) is 2.93. The van der Waals surface area contributed by atoms with Crippen LogP contribution in [-0.2, 0) is 14.8 Å². The van der Waals surface area contributed by atoms with Gasteiger partial charge in [-0.05, 0) is 6.42 Å². The van der Waals surface area contributed by atoms with Crippen molar-refractivity contribution < 1.29 is 17.9 Å². The molecule has 20 heavy (non-hydrogen) atoms. The van der Waals surface area contributed by atoms with Gasteiger partial charge in [-0.3, -0.25) is 0 Å². The van der Waals surface area contributed by atoms with Crippen molar-refractivity contribution in [1.82, 2.24) is 14.7 Å². The summed E-state index contributed by atoms with van der Waals surface area (Å²) in [6.45, 7) is 2.46. The number of nitrogens with one attached hydrogen (secondary N) is 2. The Balaban J connectivity index is 2.56. The van der Waals surface area contributed by atoms with Crippen LogP contribution >= 0.6 is 0 Å². The van der Waals surface area contributed by atoms with Gasteiger partial charge in [-0.2, -0.15) is 0 Å². The van der Waals surface area contributed by atoms with Gasteiger partial charge in [0.15, 0.2) is 0 Å². The lowest BCUT2D eigenvalue weighted by molar-refractivity contribution is 0.159. The number of nitrogens with two attached hydrogens (primary N) is 1. The third kappa shape index (κ3) is 5.36. The van der Waals surface area contributed by atoms with Crippen molar-refractivity contribution in [2.24, 2.45) is 5.73 Å². The highest BCUT2D eigenvalue weighted by molar-refractivity contribution is 7.89. The Morgan fingerprint density at radius 2 is 2.00 bits per heavy atom. The number of anilines is 1. The fourth-order valence-electron chi connectivity index (χ4n) is 1.19. The normalized spacial score (nSPS) is 11.1. The summed E-state index contributed by atoms with van der Waals surface area (Å²) in [5.74, 6) is 0.364. The molecule has 1 heterocycles. The van der Waals surface area contributed by atoms with Gasteiger partial charge >= 0.3 is 6.09 Å². The topological polar surface area (TPSA) is 136 Å². The van der Waals surface area contributed by atoms with E-state index in [1.54, 1.807) is 0 Å². The molecule has 0 saturated carbocycles. The van der Waals surface area contributed by atoms with Gasteiger partial charge in [0.25, 0.3) is 0 Å². The van der Waals surface area contributed by atoms with Crippen LogP contribution in [0.15, 0.2) is 17.3 Å².